The maximum atomic E-state index is 11.0. The van der Waals surface area contributed by atoms with Gasteiger partial charge >= 0.3 is 11.9 Å². The number of hydrogen-bond donors (Lipinski definition) is 2. The Morgan fingerprint density at radius 2 is 2.33 bits per heavy atom. The second-order valence-electron chi connectivity index (χ2n) is 2.85. The van der Waals surface area contributed by atoms with Crippen LogP contribution in [-0.4, -0.2) is 29.2 Å². The van der Waals surface area contributed by atoms with Gasteiger partial charge in [0.05, 0.1) is 12.5 Å². The third-order valence-corrected chi connectivity index (χ3v) is 1.97. The van der Waals surface area contributed by atoms with E-state index in [-0.39, 0.29) is 13.0 Å². The molecule has 1 aliphatic rings. The molecule has 0 aromatic rings. The molecule has 2 atom stereocenters. The van der Waals surface area contributed by atoms with Crippen LogP contribution in [0.2, 0.25) is 0 Å². The molecular weight excluding hydrogens is 162 g/mol. The van der Waals surface area contributed by atoms with Crippen molar-refractivity contribution < 1.29 is 19.4 Å². The van der Waals surface area contributed by atoms with Crippen molar-refractivity contribution >= 4 is 11.9 Å². The third-order valence-electron chi connectivity index (χ3n) is 1.97. The van der Waals surface area contributed by atoms with Crippen LogP contribution in [0.1, 0.15) is 13.3 Å². The van der Waals surface area contributed by atoms with Gasteiger partial charge in [-0.25, -0.2) is 0 Å². The van der Waals surface area contributed by atoms with E-state index in [2.05, 4.69) is 4.74 Å². The van der Waals surface area contributed by atoms with Crippen LogP contribution in [0.15, 0.2) is 0 Å². The highest BCUT2D eigenvalue weighted by atomic mass is 16.5. The smallest absolute Gasteiger partial charge is 0.324 e. The summed E-state index contributed by atoms with van der Waals surface area (Å²) in [5.41, 5.74) is 4.00. The molecule has 0 heterocycles. The Labute approximate surface area is 69.5 Å². The Morgan fingerprint density at radius 1 is 1.75 bits per heavy atom. The molecule has 5 heteroatoms. The molecule has 0 aromatic carbocycles. The van der Waals surface area contributed by atoms with Crippen LogP contribution in [0.25, 0.3) is 0 Å². The van der Waals surface area contributed by atoms with Gasteiger partial charge in [0.1, 0.15) is 5.54 Å². The molecule has 0 radical (unpaired) electrons. The topological polar surface area (TPSA) is 89.6 Å². The number of nitrogens with two attached hydrogens (primary N) is 1. The van der Waals surface area contributed by atoms with Gasteiger partial charge in [0.15, 0.2) is 0 Å². The van der Waals surface area contributed by atoms with Gasteiger partial charge in [-0.05, 0) is 13.3 Å². The van der Waals surface area contributed by atoms with Crippen molar-refractivity contribution in [2.24, 2.45) is 11.7 Å². The van der Waals surface area contributed by atoms with Gasteiger partial charge < -0.3 is 15.6 Å². The van der Waals surface area contributed by atoms with Gasteiger partial charge in [-0.1, -0.05) is 0 Å². The molecule has 1 saturated carbocycles. The summed E-state index contributed by atoms with van der Waals surface area (Å²) in [6.45, 7) is 1.92. The largest absolute Gasteiger partial charge is 0.480 e. The fourth-order valence-electron chi connectivity index (χ4n) is 1.05. The number of carbonyl (C=O) groups is 2. The van der Waals surface area contributed by atoms with Crippen molar-refractivity contribution in [3.63, 3.8) is 0 Å². The van der Waals surface area contributed by atoms with E-state index < -0.39 is 23.4 Å². The van der Waals surface area contributed by atoms with Gasteiger partial charge in [-0.15, -0.1) is 0 Å². The van der Waals surface area contributed by atoms with Crippen LogP contribution in [0.5, 0.6) is 0 Å². The number of carboxylic acids is 1. The average Bonchev–Trinajstić information content (AvgIpc) is 2.65. The fraction of sp³-hybridized carbons (Fsp3) is 0.714. The average molecular weight is 173 g/mol. The second-order valence-corrected chi connectivity index (χ2v) is 2.85. The van der Waals surface area contributed by atoms with Crippen molar-refractivity contribution in [3.05, 3.63) is 0 Å². The van der Waals surface area contributed by atoms with E-state index in [0.29, 0.717) is 0 Å². The van der Waals surface area contributed by atoms with E-state index in [1.807, 2.05) is 0 Å². The zero-order valence-corrected chi connectivity index (χ0v) is 6.74. The molecule has 3 N–H and O–H groups in total. The van der Waals surface area contributed by atoms with Crippen molar-refractivity contribution in [2.45, 2.75) is 18.9 Å². The van der Waals surface area contributed by atoms with Crippen LogP contribution < -0.4 is 5.73 Å². The van der Waals surface area contributed by atoms with Crippen LogP contribution in [0, 0.1) is 5.92 Å². The first-order chi connectivity index (χ1) is 5.52. The molecule has 0 amide bonds. The Kier molecular flexibility index (Phi) is 2.06. The zero-order chi connectivity index (χ0) is 9.35. The van der Waals surface area contributed by atoms with E-state index >= 15 is 0 Å². The maximum Gasteiger partial charge on any atom is 0.324 e. The summed E-state index contributed by atoms with van der Waals surface area (Å²) < 4.78 is 4.63. The quantitative estimate of drug-likeness (QED) is 0.553. The highest BCUT2D eigenvalue weighted by molar-refractivity contribution is 5.93. The predicted octanol–water partition coefficient (Wildman–Crippen LogP) is -0.648. The molecule has 1 rings (SSSR count). The lowest BCUT2D eigenvalue weighted by molar-refractivity contribution is -0.149. The maximum absolute atomic E-state index is 11.0. The van der Waals surface area contributed by atoms with E-state index in [0.717, 1.165) is 0 Å². The van der Waals surface area contributed by atoms with Crippen LogP contribution >= 0.6 is 0 Å². The number of hydrogen-bond acceptors (Lipinski definition) is 4. The molecule has 0 spiro atoms. The molecular formula is C7H11NO4. The summed E-state index contributed by atoms with van der Waals surface area (Å²) in [4.78, 5) is 21.4. The van der Waals surface area contributed by atoms with Gasteiger partial charge in [0.2, 0.25) is 0 Å². The minimum Gasteiger partial charge on any atom is -0.480 e. The Morgan fingerprint density at radius 3 is 2.67 bits per heavy atom. The SMILES string of the molecule is CCOC(=O)C1CC1(N)C(=O)O. The molecule has 1 aliphatic carbocycles. The summed E-state index contributed by atoms with van der Waals surface area (Å²) in [6.07, 6.45) is 0.182. The first-order valence-electron chi connectivity index (χ1n) is 3.71. The molecule has 0 bridgehead atoms. The van der Waals surface area contributed by atoms with Crippen molar-refractivity contribution in [2.75, 3.05) is 6.61 Å². The van der Waals surface area contributed by atoms with Crippen LogP contribution in [0.3, 0.4) is 0 Å². The summed E-state index contributed by atoms with van der Waals surface area (Å²) in [6, 6.07) is 0. The predicted molar refractivity (Wildman–Crippen MR) is 39.3 cm³/mol. The highest BCUT2D eigenvalue weighted by Gasteiger charge is 2.62. The summed E-state index contributed by atoms with van der Waals surface area (Å²) in [5.74, 6) is -2.31. The number of esters is 1. The molecule has 5 nitrogen and oxygen atoms in total. The van der Waals surface area contributed by atoms with Gasteiger partial charge in [0.25, 0.3) is 0 Å². The van der Waals surface area contributed by atoms with Crippen LogP contribution in [0.4, 0.5) is 0 Å². The van der Waals surface area contributed by atoms with Crippen LogP contribution in [-0.2, 0) is 14.3 Å². The van der Waals surface area contributed by atoms with Gasteiger partial charge in [0, 0.05) is 0 Å². The van der Waals surface area contributed by atoms with Gasteiger partial charge in [-0.2, -0.15) is 0 Å². The lowest BCUT2D eigenvalue weighted by Gasteiger charge is -2.03. The van der Waals surface area contributed by atoms with E-state index in [4.69, 9.17) is 10.8 Å². The lowest BCUT2D eigenvalue weighted by Crippen LogP contribution is -2.37. The Balaban J connectivity index is 2.51. The molecule has 68 valence electrons. The first-order valence-corrected chi connectivity index (χ1v) is 3.71. The molecule has 0 aliphatic heterocycles. The monoisotopic (exact) mass is 173 g/mol. The normalized spacial score (nSPS) is 32.7. The molecule has 0 saturated heterocycles. The number of rotatable bonds is 3. The summed E-state index contributed by atoms with van der Waals surface area (Å²) in [5, 5.41) is 8.57. The van der Waals surface area contributed by atoms with E-state index in [9.17, 15) is 9.59 Å². The number of carbonyl (C=O) groups excluding carboxylic acids is 1. The first kappa shape index (κ1) is 8.99. The van der Waals surface area contributed by atoms with Crippen molar-refractivity contribution in [1.82, 2.24) is 0 Å². The molecule has 0 aromatic heterocycles. The Hall–Kier alpha value is -1.10. The minimum absolute atomic E-state index is 0.182. The lowest BCUT2D eigenvalue weighted by atomic mass is 10.2. The second kappa shape index (κ2) is 2.75. The highest BCUT2D eigenvalue weighted by Crippen LogP contribution is 2.41. The third kappa shape index (κ3) is 1.27. The fourth-order valence-corrected chi connectivity index (χ4v) is 1.05. The van der Waals surface area contributed by atoms with Crippen molar-refractivity contribution in [1.29, 1.82) is 0 Å². The zero-order valence-electron chi connectivity index (χ0n) is 6.74. The number of ether oxygens (including phenoxy) is 1. The molecule has 1 fully saturated rings. The van der Waals surface area contributed by atoms with Gasteiger partial charge in [-0.3, -0.25) is 9.59 Å². The molecule has 12 heavy (non-hydrogen) atoms. The Bertz CT molecular complexity index is 227. The number of aliphatic carboxylic acids is 1. The summed E-state index contributed by atoms with van der Waals surface area (Å²) >= 11 is 0. The van der Waals surface area contributed by atoms with E-state index in [1.165, 1.54) is 0 Å². The summed E-state index contributed by atoms with van der Waals surface area (Å²) in [7, 11) is 0. The minimum atomic E-state index is -1.37. The van der Waals surface area contributed by atoms with E-state index in [1.54, 1.807) is 6.92 Å². The molecule has 2 unspecified atom stereocenters. The number of carboxylic acid groups (broad SMARTS) is 1. The van der Waals surface area contributed by atoms with Crippen molar-refractivity contribution in [3.8, 4) is 0 Å². The standard InChI is InChI=1S/C7H11NO4/c1-2-12-5(9)4-3-7(4,8)6(10)11/h4H,2-3,8H2,1H3,(H,10,11).